The lowest BCUT2D eigenvalue weighted by Crippen LogP contribution is -2.47. The van der Waals surface area contributed by atoms with Gasteiger partial charge in [0.15, 0.2) is 0 Å². The number of rotatable bonds is 3. The lowest BCUT2D eigenvalue weighted by atomic mass is 10.0. The first-order chi connectivity index (χ1) is 12.0. The van der Waals surface area contributed by atoms with Crippen molar-refractivity contribution in [2.75, 3.05) is 13.1 Å². The van der Waals surface area contributed by atoms with E-state index in [0.717, 1.165) is 23.5 Å². The molecule has 0 bridgehead atoms. The van der Waals surface area contributed by atoms with Gasteiger partial charge in [-0.25, -0.2) is 9.37 Å². The van der Waals surface area contributed by atoms with E-state index in [1.165, 1.54) is 34.3 Å². The highest BCUT2D eigenvalue weighted by Gasteiger charge is 2.33. The monoisotopic (exact) mass is 362 g/mol. The van der Waals surface area contributed by atoms with Gasteiger partial charge in [0.1, 0.15) is 12.1 Å². The largest absolute Gasteiger partial charge is 0.492 e. The maximum absolute atomic E-state index is 13.4. The molecule has 8 heteroatoms. The second kappa shape index (κ2) is 6.36. The summed E-state index contributed by atoms with van der Waals surface area (Å²) in [5.41, 5.74) is 0.919. The van der Waals surface area contributed by atoms with Crippen LogP contribution in [0.1, 0.15) is 30.3 Å². The van der Waals surface area contributed by atoms with Gasteiger partial charge in [-0.3, -0.25) is 4.90 Å². The van der Waals surface area contributed by atoms with Crippen LogP contribution in [0.3, 0.4) is 0 Å². The number of morpholine rings is 1. The predicted octanol–water partition coefficient (Wildman–Crippen LogP) is 2.83. The van der Waals surface area contributed by atoms with E-state index in [4.69, 9.17) is 4.74 Å². The molecule has 4 rings (SSSR count). The van der Waals surface area contributed by atoms with E-state index in [2.05, 4.69) is 15.0 Å². The summed E-state index contributed by atoms with van der Waals surface area (Å²) in [5.74, 6) is -0.197. The van der Waals surface area contributed by atoms with E-state index in [0.29, 0.717) is 4.96 Å². The van der Waals surface area contributed by atoms with Gasteiger partial charge in [-0.15, -0.1) is 0 Å². The third-order valence-corrected chi connectivity index (χ3v) is 5.47. The zero-order valence-electron chi connectivity index (χ0n) is 14.0. The fourth-order valence-corrected chi connectivity index (χ4v) is 4.56. The summed E-state index contributed by atoms with van der Waals surface area (Å²) < 4.78 is 20.7. The first kappa shape index (κ1) is 16.4. The number of thiazole rings is 1. The molecule has 0 aliphatic carbocycles. The maximum Gasteiger partial charge on any atom is 0.230 e. The third-order valence-electron chi connectivity index (χ3n) is 4.39. The van der Waals surface area contributed by atoms with Crippen molar-refractivity contribution in [2.24, 2.45) is 0 Å². The highest BCUT2D eigenvalue weighted by molar-refractivity contribution is 7.17. The number of fused-ring (bicyclic) bond motifs is 1. The van der Waals surface area contributed by atoms with Gasteiger partial charge in [0.05, 0.1) is 23.1 Å². The Labute approximate surface area is 148 Å². The lowest BCUT2D eigenvalue weighted by Gasteiger charge is -2.40. The van der Waals surface area contributed by atoms with Crippen molar-refractivity contribution in [3.63, 3.8) is 0 Å². The standard InChI is InChI=1S/C17H19FN4O2S/c1-10-7-21(8-11(2)24-10)14(12-3-5-13(18)6-4-12)15-16(23)22-17(25-15)19-9-20-22/h3-6,9-11,14,23H,7-8H2,1-2H3/t10-,11+,14-/m1/s1. The number of hydrogen-bond acceptors (Lipinski definition) is 6. The molecular weight excluding hydrogens is 343 g/mol. The summed E-state index contributed by atoms with van der Waals surface area (Å²) in [6.45, 7) is 5.51. The fraction of sp³-hybridized carbons (Fsp3) is 0.412. The van der Waals surface area contributed by atoms with Crippen LogP contribution in [-0.2, 0) is 4.74 Å². The Bertz CT molecular complexity index is 869. The molecule has 0 spiro atoms. The number of benzene rings is 1. The molecule has 0 radical (unpaired) electrons. The molecule has 0 unspecified atom stereocenters. The maximum atomic E-state index is 13.4. The molecule has 1 saturated heterocycles. The quantitative estimate of drug-likeness (QED) is 0.776. The number of aromatic nitrogens is 3. The van der Waals surface area contributed by atoms with Crippen molar-refractivity contribution in [1.82, 2.24) is 19.5 Å². The molecule has 1 fully saturated rings. The molecule has 3 atom stereocenters. The van der Waals surface area contributed by atoms with Gasteiger partial charge < -0.3 is 9.84 Å². The minimum Gasteiger partial charge on any atom is -0.492 e. The van der Waals surface area contributed by atoms with Crippen LogP contribution in [0.15, 0.2) is 30.6 Å². The third kappa shape index (κ3) is 3.01. The summed E-state index contributed by atoms with van der Waals surface area (Å²) in [5, 5.41) is 14.7. The Morgan fingerprint density at radius 3 is 2.56 bits per heavy atom. The summed E-state index contributed by atoms with van der Waals surface area (Å²) in [4.78, 5) is 7.82. The SMILES string of the molecule is C[C@@H]1CN([C@H](c2ccc(F)cc2)c2sc3ncnn3c2O)C[C@H](C)O1. The zero-order valence-corrected chi connectivity index (χ0v) is 14.8. The van der Waals surface area contributed by atoms with Crippen molar-refractivity contribution in [2.45, 2.75) is 32.1 Å². The van der Waals surface area contributed by atoms with E-state index in [9.17, 15) is 9.50 Å². The molecule has 3 aromatic rings. The van der Waals surface area contributed by atoms with Crippen molar-refractivity contribution < 1.29 is 14.2 Å². The number of hydrogen-bond donors (Lipinski definition) is 1. The van der Waals surface area contributed by atoms with Gasteiger partial charge in [0.2, 0.25) is 10.8 Å². The second-order valence-electron chi connectivity index (χ2n) is 6.41. The highest BCUT2D eigenvalue weighted by atomic mass is 32.1. The Kier molecular flexibility index (Phi) is 4.18. The number of nitrogens with zero attached hydrogens (tertiary/aromatic N) is 4. The van der Waals surface area contributed by atoms with E-state index in [1.54, 1.807) is 12.1 Å². The van der Waals surface area contributed by atoms with Crippen LogP contribution >= 0.6 is 11.3 Å². The van der Waals surface area contributed by atoms with Crippen molar-refractivity contribution >= 4 is 16.3 Å². The van der Waals surface area contributed by atoms with Gasteiger partial charge in [-0.05, 0) is 31.5 Å². The van der Waals surface area contributed by atoms with Gasteiger partial charge in [-0.2, -0.15) is 9.61 Å². The van der Waals surface area contributed by atoms with Crippen LogP contribution in [-0.4, -0.2) is 49.9 Å². The van der Waals surface area contributed by atoms with Crippen molar-refractivity contribution in [3.8, 4) is 5.88 Å². The van der Waals surface area contributed by atoms with Gasteiger partial charge in [0.25, 0.3) is 0 Å². The molecule has 132 valence electrons. The number of ether oxygens (including phenoxy) is 1. The molecule has 0 saturated carbocycles. The van der Waals surface area contributed by atoms with Crippen LogP contribution in [0.4, 0.5) is 4.39 Å². The van der Waals surface area contributed by atoms with E-state index in [1.807, 2.05) is 13.8 Å². The average Bonchev–Trinajstić information content (AvgIpc) is 3.13. The molecule has 1 aromatic carbocycles. The lowest BCUT2D eigenvalue weighted by molar-refractivity contribution is -0.0764. The zero-order chi connectivity index (χ0) is 17.6. The molecular formula is C17H19FN4O2S. The van der Waals surface area contributed by atoms with Crippen LogP contribution in [0.25, 0.3) is 4.96 Å². The van der Waals surface area contributed by atoms with Crippen LogP contribution < -0.4 is 0 Å². The van der Waals surface area contributed by atoms with E-state index >= 15 is 0 Å². The topological polar surface area (TPSA) is 62.9 Å². The molecule has 2 aromatic heterocycles. The van der Waals surface area contributed by atoms with Crippen LogP contribution in [0, 0.1) is 5.82 Å². The van der Waals surface area contributed by atoms with Crippen LogP contribution in [0.5, 0.6) is 5.88 Å². The summed E-state index contributed by atoms with van der Waals surface area (Å²) in [6, 6.07) is 6.22. The Hall–Kier alpha value is -2.03. The minimum absolute atomic E-state index is 0.0796. The highest BCUT2D eigenvalue weighted by Crippen LogP contribution is 2.40. The summed E-state index contributed by atoms with van der Waals surface area (Å²) in [7, 11) is 0. The predicted molar refractivity (Wildman–Crippen MR) is 92.4 cm³/mol. The van der Waals surface area contributed by atoms with Gasteiger partial charge in [0, 0.05) is 13.1 Å². The second-order valence-corrected chi connectivity index (χ2v) is 7.42. The average molecular weight is 362 g/mol. The Morgan fingerprint density at radius 2 is 1.92 bits per heavy atom. The van der Waals surface area contributed by atoms with Crippen molar-refractivity contribution in [3.05, 3.63) is 46.9 Å². The normalized spacial score (nSPS) is 23.2. The summed E-state index contributed by atoms with van der Waals surface area (Å²) in [6.07, 6.45) is 1.58. The minimum atomic E-state index is -0.280. The smallest absolute Gasteiger partial charge is 0.230 e. The molecule has 1 aliphatic rings. The van der Waals surface area contributed by atoms with Gasteiger partial charge in [-0.1, -0.05) is 23.5 Å². The fourth-order valence-electron chi connectivity index (χ4n) is 3.47. The Morgan fingerprint density at radius 1 is 1.24 bits per heavy atom. The Balaban J connectivity index is 1.81. The van der Waals surface area contributed by atoms with E-state index < -0.39 is 0 Å². The van der Waals surface area contributed by atoms with Crippen LogP contribution in [0.2, 0.25) is 0 Å². The number of halogens is 1. The first-order valence-electron chi connectivity index (χ1n) is 8.19. The molecule has 1 aliphatic heterocycles. The van der Waals surface area contributed by atoms with Crippen molar-refractivity contribution in [1.29, 1.82) is 0 Å². The molecule has 1 N–H and O–H groups in total. The molecule has 0 amide bonds. The van der Waals surface area contributed by atoms with E-state index in [-0.39, 0.29) is 29.9 Å². The first-order valence-corrected chi connectivity index (χ1v) is 9.01. The van der Waals surface area contributed by atoms with Gasteiger partial charge >= 0.3 is 0 Å². The molecule has 3 heterocycles. The summed E-state index contributed by atoms with van der Waals surface area (Å²) >= 11 is 1.40. The molecule has 6 nitrogen and oxygen atoms in total. The number of aromatic hydroxyl groups is 1. The molecule has 25 heavy (non-hydrogen) atoms.